The van der Waals surface area contributed by atoms with Gasteiger partial charge in [0.1, 0.15) is 23.2 Å². The van der Waals surface area contributed by atoms with Gasteiger partial charge in [0.2, 0.25) is 0 Å². The van der Waals surface area contributed by atoms with Crippen LogP contribution in [0.25, 0.3) is 17.4 Å². The number of ether oxygens (including phenoxy) is 1. The highest BCUT2D eigenvalue weighted by Crippen LogP contribution is 2.24. The van der Waals surface area contributed by atoms with E-state index in [4.69, 9.17) is 9.15 Å². The van der Waals surface area contributed by atoms with Crippen molar-refractivity contribution in [2.75, 3.05) is 11.9 Å². The Morgan fingerprint density at radius 3 is 2.57 bits per heavy atom. The molecule has 3 aromatic rings. The van der Waals surface area contributed by atoms with Crippen LogP contribution in [-0.2, 0) is 9.53 Å². The third-order valence-electron chi connectivity index (χ3n) is 4.23. The van der Waals surface area contributed by atoms with Crippen LogP contribution in [0.15, 0.2) is 70.7 Å². The number of aryl methyl sites for hydroxylation is 1. The minimum atomic E-state index is -0.514. The molecule has 0 fully saturated rings. The number of nitrogens with one attached hydrogen (secondary N) is 1. The number of carbonyl (C=O) groups excluding carboxylic acids is 2. The lowest BCUT2D eigenvalue weighted by Gasteiger charge is -2.04. The summed E-state index contributed by atoms with van der Waals surface area (Å²) in [6, 6.07) is 19.4. The predicted molar refractivity (Wildman–Crippen MR) is 113 cm³/mol. The number of amides is 1. The zero-order chi connectivity index (χ0) is 21.5. The third kappa shape index (κ3) is 5.03. The normalized spacial score (nSPS) is 10.9. The van der Waals surface area contributed by atoms with Crippen LogP contribution < -0.4 is 5.32 Å². The monoisotopic (exact) mass is 400 g/mol. The molecule has 0 atom stereocenters. The van der Waals surface area contributed by atoms with Gasteiger partial charge in [-0.1, -0.05) is 24.3 Å². The van der Waals surface area contributed by atoms with Gasteiger partial charge < -0.3 is 14.5 Å². The Balaban J connectivity index is 1.75. The first-order valence-electron chi connectivity index (χ1n) is 9.37. The number of furan rings is 1. The molecule has 1 N–H and O–H groups in total. The van der Waals surface area contributed by atoms with Gasteiger partial charge in [-0.05, 0) is 55.8 Å². The summed E-state index contributed by atoms with van der Waals surface area (Å²) in [5, 5.41) is 12.1. The van der Waals surface area contributed by atoms with Gasteiger partial charge in [-0.25, -0.2) is 4.79 Å². The third-order valence-corrected chi connectivity index (χ3v) is 4.23. The summed E-state index contributed by atoms with van der Waals surface area (Å²) in [6.07, 6.45) is 1.39. The largest absolute Gasteiger partial charge is 0.462 e. The molecule has 1 amide bonds. The number of carbonyl (C=O) groups is 2. The molecule has 0 spiro atoms. The van der Waals surface area contributed by atoms with E-state index in [-0.39, 0.29) is 11.5 Å². The predicted octanol–water partition coefficient (Wildman–Crippen LogP) is 4.98. The number of nitrogens with zero attached hydrogens (tertiary/aromatic N) is 1. The Morgan fingerprint density at radius 1 is 1.13 bits per heavy atom. The van der Waals surface area contributed by atoms with Gasteiger partial charge in [-0.15, -0.1) is 0 Å². The first-order chi connectivity index (χ1) is 14.5. The van der Waals surface area contributed by atoms with Crippen LogP contribution in [-0.4, -0.2) is 18.5 Å². The van der Waals surface area contributed by atoms with E-state index in [0.717, 1.165) is 11.1 Å². The van der Waals surface area contributed by atoms with Gasteiger partial charge in [0.15, 0.2) is 0 Å². The maximum Gasteiger partial charge on any atom is 0.338 e. The minimum absolute atomic E-state index is 0.0740. The summed E-state index contributed by atoms with van der Waals surface area (Å²) in [6.45, 7) is 3.98. The molecule has 0 aliphatic heterocycles. The SMILES string of the molecule is CCOC(=O)c1ccc(-c2ccc(/C=C(/C#N)C(=O)Nc3cccc(C)c3)o2)cc1. The highest BCUT2D eigenvalue weighted by Gasteiger charge is 2.12. The topological polar surface area (TPSA) is 92.3 Å². The van der Waals surface area contributed by atoms with E-state index in [1.807, 2.05) is 31.2 Å². The molecule has 0 saturated heterocycles. The minimum Gasteiger partial charge on any atom is -0.462 e. The van der Waals surface area contributed by atoms with Gasteiger partial charge >= 0.3 is 5.97 Å². The van der Waals surface area contributed by atoms with E-state index in [1.54, 1.807) is 49.4 Å². The standard InChI is InChI=1S/C24H20N2O4/c1-3-29-24(28)18-9-7-17(8-10-18)22-12-11-21(30-22)14-19(15-25)23(27)26-20-6-4-5-16(2)13-20/h4-14H,3H2,1-2H3,(H,26,27)/b19-14-. The molecule has 0 aliphatic carbocycles. The van der Waals surface area contributed by atoms with Crippen molar-refractivity contribution in [2.24, 2.45) is 0 Å². The summed E-state index contributed by atoms with van der Waals surface area (Å²) in [7, 11) is 0. The molecule has 0 aliphatic rings. The van der Waals surface area contributed by atoms with Crippen molar-refractivity contribution in [3.63, 3.8) is 0 Å². The Labute approximate surface area is 174 Å². The van der Waals surface area contributed by atoms with Crippen molar-refractivity contribution < 1.29 is 18.7 Å². The Bertz CT molecular complexity index is 1130. The summed E-state index contributed by atoms with van der Waals surface area (Å²) in [5.74, 6) is 0.0219. The van der Waals surface area contributed by atoms with Crippen LogP contribution in [0.4, 0.5) is 5.69 Å². The zero-order valence-corrected chi connectivity index (χ0v) is 16.6. The van der Waals surface area contributed by atoms with Gasteiger partial charge in [0, 0.05) is 17.3 Å². The Hall–Kier alpha value is -4.11. The van der Waals surface area contributed by atoms with Crippen molar-refractivity contribution in [3.05, 3.63) is 83.1 Å². The van der Waals surface area contributed by atoms with E-state index in [2.05, 4.69) is 5.32 Å². The molecule has 0 bridgehead atoms. The van der Waals surface area contributed by atoms with Crippen molar-refractivity contribution >= 4 is 23.6 Å². The second-order valence-corrected chi connectivity index (χ2v) is 6.49. The van der Waals surface area contributed by atoms with Crippen molar-refractivity contribution in [2.45, 2.75) is 13.8 Å². The smallest absolute Gasteiger partial charge is 0.338 e. The van der Waals surface area contributed by atoms with Crippen LogP contribution >= 0.6 is 0 Å². The number of rotatable bonds is 6. The molecule has 2 aromatic carbocycles. The fourth-order valence-corrected chi connectivity index (χ4v) is 2.78. The maximum atomic E-state index is 12.4. The number of hydrogen-bond acceptors (Lipinski definition) is 5. The molecular formula is C24H20N2O4. The molecule has 6 nitrogen and oxygen atoms in total. The van der Waals surface area contributed by atoms with E-state index in [1.165, 1.54) is 6.08 Å². The average molecular weight is 400 g/mol. The number of anilines is 1. The van der Waals surface area contributed by atoms with E-state index in [0.29, 0.717) is 29.4 Å². The van der Waals surface area contributed by atoms with Crippen molar-refractivity contribution in [1.29, 1.82) is 5.26 Å². The molecule has 0 radical (unpaired) electrons. The van der Waals surface area contributed by atoms with E-state index < -0.39 is 5.91 Å². The number of hydrogen-bond donors (Lipinski definition) is 1. The van der Waals surface area contributed by atoms with Crippen LogP contribution in [0.5, 0.6) is 0 Å². The second-order valence-electron chi connectivity index (χ2n) is 6.49. The van der Waals surface area contributed by atoms with Crippen LogP contribution in [0, 0.1) is 18.3 Å². The summed E-state index contributed by atoms with van der Waals surface area (Å²) in [5.41, 5.74) is 2.75. The summed E-state index contributed by atoms with van der Waals surface area (Å²) in [4.78, 5) is 24.1. The lowest BCUT2D eigenvalue weighted by Crippen LogP contribution is -2.13. The molecular weight excluding hydrogens is 380 g/mol. The van der Waals surface area contributed by atoms with Crippen LogP contribution in [0.3, 0.4) is 0 Å². The lowest BCUT2D eigenvalue weighted by atomic mass is 10.1. The highest BCUT2D eigenvalue weighted by molar-refractivity contribution is 6.09. The van der Waals surface area contributed by atoms with Crippen molar-refractivity contribution in [3.8, 4) is 17.4 Å². The van der Waals surface area contributed by atoms with Gasteiger partial charge in [-0.2, -0.15) is 5.26 Å². The average Bonchev–Trinajstić information content (AvgIpc) is 3.21. The number of benzene rings is 2. The highest BCUT2D eigenvalue weighted by atomic mass is 16.5. The first-order valence-corrected chi connectivity index (χ1v) is 9.37. The van der Waals surface area contributed by atoms with E-state index >= 15 is 0 Å². The lowest BCUT2D eigenvalue weighted by molar-refractivity contribution is -0.112. The fraction of sp³-hybridized carbons (Fsp3) is 0.125. The number of nitriles is 1. The Morgan fingerprint density at radius 2 is 1.90 bits per heavy atom. The van der Waals surface area contributed by atoms with Crippen LogP contribution in [0.1, 0.15) is 28.6 Å². The fourth-order valence-electron chi connectivity index (χ4n) is 2.78. The maximum absolute atomic E-state index is 12.4. The Kier molecular flexibility index (Phi) is 6.46. The second kappa shape index (κ2) is 9.39. The first kappa shape index (κ1) is 20.6. The molecule has 150 valence electrons. The summed E-state index contributed by atoms with van der Waals surface area (Å²) >= 11 is 0. The molecule has 0 saturated carbocycles. The summed E-state index contributed by atoms with van der Waals surface area (Å²) < 4.78 is 10.7. The quantitative estimate of drug-likeness (QED) is 0.358. The molecule has 6 heteroatoms. The van der Waals surface area contributed by atoms with Crippen LogP contribution in [0.2, 0.25) is 0 Å². The van der Waals surface area contributed by atoms with Gasteiger partial charge in [-0.3, -0.25) is 4.79 Å². The molecule has 3 rings (SSSR count). The molecule has 1 heterocycles. The molecule has 0 unspecified atom stereocenters. The van der Waals surface area contributed by atoms with E-state index in [9.17, 15) is 14.9 Å². The van der Waals surface area contributed by atoms with Gasteiger partial charge in [0.05, 0.1) is 12.2 Å². The van der Waals surface area contributed by atoms with Gasteiger partial charge in [0.25, 0.3) is 5.91 Å². The zero-order valence-electron chi connectivity index (χ0n) is 16.6. The molecule has 30 heavy (non-hydrogen) atoms. The number of esters is 1. The van der Waals surface area contributed by atoms with Crippen molar-refractivity contribution in [1.82, 2.24) is 0 Å². The molecule has 1 aromatic heterocycles.